The average Bonchev–Trinajstić information content (AvgIpc) is 3.20. The summed E-state index contributed by atoms with van der Waals surface area (Å²) in [5.74, 6) is -0.300. The Morgan fingerprint density at radius 2 is 1.90 bits per heavy atom. The van der Waals surface area contributed by atoms with Crippen molar-refractivity contribution in [3.8, 4) is 0 Å². The molecule has 1 aromatic heterocycles. The monoisotopic (exact) mass is 397 g/mol. The number of nitrogens with one attached hydrogen (secondary N) is 1. The largest absolute Gasteiger partial charge is 0.390 e. The Bertz CT molecular complexity index is 852. The summed E-state index contributed by atoms with van der Waals surface area (Å²) in [4.78, 5) is 25.3. The zero-order valence-electron chi connectivity index (χ0n) is 17.5. The summed E-state index contributed by atoms with van der Waals surface area (Å²) in [7, 11) is 0. The van der Waals surface area contributed by atoms with Crippen molar-refractivity contribution in [2.45, 2.75) is 77.0 Å². The number of carbonyl (C=O) groups excluding carboxylic acids is 2. The number of amides is 1. The van der Waals surface area contributed by atoms with Gasteiger partial charge < -0.3 is 10.4 Å². The molecule has 2 N–H and O–H groups in total. The first-order valence-corrected chi connectivity index (χ1v) is 10.6. The van der Waals surface area contributed by atoms with Crippen molar-refractivity contribution in [3.05, 3.63) is 53.3 Å². The number of Topliss-reactive ketones (excluding diaryl/α,β-unsaturated/α-hetero) is 1. The number of aliphatic hydroxyl groups is 1. The molecule has 0 bridgehead atoms. The molecular weight excluding hydrogens is 366 g/mol. The van der Waals surface area contributed by atoms with Crippen molar-refractivity contribution in [2.24, 2.45) is 0 Å². The molecule has 1 amide bonds. The maximum atomic E-state index is 13.1. The van der Waals surface area contributed by atoms with Crippen molar-refractivity contribution < 1.29 is 14.7 Å². The molecule has 3 rings (SSSR count). The van der Waals surface area contributed by atoms with Crippen LogP contribution < -0.4 is 5.32 Å². The molecular formula is C23H31N3O3. The summed E-state index contributed by atoms with van der Waals surface area (Å²) in [6.07, 6.45) is 3.95. The van der Waals surface area contributed by atoms with Gasteiger partial charge >= 0.3 is 0 Å². The lowest BCUT2D eigenvalue weighted by atomic mass is 9.80. The molecule has 0 saturated heterocycles. The standard InChI is InChI=1S/C23H31N3O3/c1-4-21(27)19-15-20(26(25-19)16(3)17-9-7-6-8-10-17)22(28)24-18-11-13-23(29,5-2)14-12-18/h6-10,15-16,18,29H,4-5,11-14H2,1-3H3,(H,24,28)/t16-,18?,23?/m0/s1. The summed E-state index contributed by atoms with van der Waals surface area (Å²) in [6.45, 7) is 5.76. The highest BCUT2D eigenvalue weighted by molar-refractivity contribution is 5.98. The van der Waals surface area contributed by atoms with Crippen LogP contribution in [-0.4, -0.2) is 38.2 Å². The highest BCUT2D eigenvalue weighted by Crippen LogP contribution is 2.31. The van der Waals surface area contributed by atoms with Crippen LogP contribution in [0.5, 0.6) is 0 Å². The quantitative estimate of drug-likeness (QED) is 0.694. The molecule has 0 radical (unpaired) electrons. The fraction of sp³-hybridized carbons (Fsp3) is 0.522. The Morgan fingerprint density at radius 3 is 2.48 bits per heavy atom. The smallest absolute Gasteiger partial charge is 0.269 e. The fourth-order valence-electron chi connectivity index (χ4n) is 3.96. The molecule has 1 saturated carbocycles. The summed E-state index contributed by atoms with van der Waals surface area (Å²) < 4.78 is 1.65. The number of ketones is 1. The first-order chi connectivity index (χ1) is 13.9. The summed E-state index contributed by atoms with van der Waals surface area (Å²) in [5.41, 5.74) is 1.13. The van der Waals surface area contributed by atoms with Crippen LogP contribution in [-0.2, 0) is 0 Å². The molecule has 2 aromatic rings. The number of aromatic nitrogens is 2. The van der Waals surface area contributed by atoms with Gasteiger partial charge in [-0.2, -0.15) is 5.10 Å². The van der Waals surface area contributed by atoms with Crippen LogP contribution in [0.2, 0.25) is 0 Å². The number of benzene rings is 1. The molecule has 0 spiro atoms. The third-order valence-corrected chi connectivity index (χ3v) is 6.13. The van der Waals surface area contributed by atoms with Crippen LogP contribution in [0.15, 0.2) is 36.4 Å². The topological polar surface area (TPSA) is 84.2 Å². The number of hydrogen-bond donors (Lipinski definition) is 2. The molecule has 0 unspecified atom stereocenters. The predicted molar refractivity (Wildman–Crippen MR) is 112 cm³/mol. The molecule has 1 aliphatic carbocycles. The maximum Gasteiger partial charge on any atom is 0.269 e. The van der Waals surface area contributed by atoms with E-state index in [1.54, 1.807) is 17.7 Å². The van der Waals surface area contributed by atoms with Crippen LogP contribution in [0.3, 0.4) is 0 Å². The molecule has 1 heterocycles. The van der Waals surface area contributed by atoms with Gasteiger partial charge in [-0.25, -0.2) is 0 Å². The van der Waals surface area contributed by atoms with E-state index >= 15 is 0 Å². The minimum atomic E-state index is -0.606. The summed E-state index contributed by atoms with van der Waals surface area (Å²) in [5, 5.41) is 18.0. The third-order valence-electron chi connectivity index (χ3n) is 6.13. The second-order valence-electron chi connectivity index (χ2n) is 8.05. The van der Waals surface area contributed by atoms with E-state index < -0.39 is 5.60 Å². The van der Waals surface area contributed by atoms with E-state index in [2.05, 4.69) is 10.4 Å². The lowest BCUT2D eigenvalue weighted by molar-refractivity contribution is -0.00656. The Labute approximate surface area is 172 Å². The number of carbonyl (C=O) groups is 2. The normalized spacial score (nSPS) is 22.8. The van der Waals surface area contributed by atoms with Gasteiger partial charge in [0.05, 0.1) is 11.6 Å². The lowest BCUT2D eigenvalue weighted by Gasteiger charge is -2.35. The Morgan fingerprint density at radius 1 is 1.24 bits per heavy atom. The summed E-state index contributed by atoms with van der Waals surface area (Å²) in [6, 6.07) is 11.3. The highest BCUT2D eigenvalue weighted by atomic mass is 16.3. The molecule has 1 atom stereocenters. The Balaban J connectivity index is 1.82. The number of hydrogen-bond acceptors (Lipinski definition) is 4. The van der Waals surface area contributed by atoms with E-state index in [0.717, 1.165) is 24.8 Å². The first kappa shape index (κ1) is 21.2. The van der Waals surface area contributed by atoms with E-state index in [1.165, 1.54) is 0 Å². The van der Waals surface area contributed by atoms with Crippen molar-refractivity contribution >= 4 is 11.7 Å². The van der Waals surface area contributed by atoms with Gasteiger partial charge in [0, 0.05) is 18.5 Å². The fourth-order valence-corrected chi connectivity index (χ4v) is 3.96. The third kappa shape index (κ3) is 4.75. The van der Waals surface area contributed by atoms with Crippen LogP contribution in [0.25, 0.3) is 0 Å². The van der Waals surface area contributed by atoms with E-state index in [1.807, 2.05) is 44.2 Å². The zero-order valence-corrected chi connectivity index (χ0v) is 17.5. The van der Waals surface area contributed by atoms with Crippen molar-refractivity contribution in [2.75, 3.05) is 0 Å². The predicted octanol–water partition coefficient (Wildman–Crippen LogP) is 3.90. The molecule has 1 fully saturated rings. The second kappa shape index (κ2) is 8.91. The summed E-state index contributed by atoms with van der Waals surface area (Å²) >= 11 is 0. The Hall–Kier alpha value is -2.47. The molecule has 6 nitrogen and oxygen atoms in total. The van der Waals surface area contributed by atoms with Gasteiger partial charge in [-0.05, 0) is 44.6 Å². The van der Waals surface area contributed by atoms with Gasteiger partial charge in [0.25, 0.3) is 5.91 Å². The lowest BCUT2D eigenvalue weighted by Crippen LogP contribution is -2.43. The highest BCUT2D eigenvalue weighted by Gasteiger charge is 2.33. The number of rotatable bonds is 7. The minimum Gasteiger partial charge on any atom is -0.390 e. The molecule has 6 heteroatoms. The van der Waals surface area contributed by atoms with Gasteiger partial charge in [-0.1, -0.05) is 44.2 Å². The van der Waals surface area contributed by atoms with Gasteiger partial charge in [-0.3, -0.25) is 14.3 Å². The van der Waals surface area contributed by atoms with Crippen molar-refractivity contribution in [1.82, 2.24) is 15.1 Å². The second-order valence-corrected chi connectivity index (χ2v) is 8.05. The van der Waals surface area contributed by atoms with E-state index in [4.69, 9.17) is 0 Å². The van der Waals surface area contributed by atoms with E-state index in [9.17, 15) is 14.7 Å². The minimum absolute atomic E-state index is 0.0232. The average molecular weight is 398 g/mol. The SMILES string of the molecule is CCC(=O)c1cc(C(=O)NC2CCC(O)(CC)CC2)n([C@@H](C)c2ccccc2)n1. The van der Waals surface area contributed by atoms with Gasteiger partial charge in [-0.15, -0.1) is 0 Å². The van der Waals surface area contributed by atoms with Crippen LogP contribution in [0, 0.1) is 0 Å². The van der Waals surface area contributed by atoms with Crippen molar-refractivity contribution in [3.63, 3.8) is 0 Å². The van der Waals surface area contributed by atoms with Crippen LogP contribution in [0.1, 0.15) is 91.9 Å². The molecule has 1 aromatic carbocycles. The molecule has 156 valence electrons. The van der Waals surface area contributed by atoms with E-state index in [0.29, 0.717) is 30.7 Å². The van der Waals surface area contributed by atoms with Crippen molar-refractivity contribution in [1.29, 1.82) is 0 Å². The molecule has 0 aliphatic heterocycles. The van der Waals surface area contributed by atoms with Crippen LogP contribution in [0.4, 0.5) is 0 Å². The van der Waals surface area contributed by atoms with Gasteiger partial charge in [0.2, 0.25) is 0 Å². The van der Waals surface area contributed by atoms with Crippen LogP contribution >= 0.6 is 0 Å². The van der Waals surface area contributed by atoms with E-state index in [-0.39, 0.29) is 23.8 Å². The first-order valence-electron chi connectivity index (χ1n) is 10.6. The molecule has 1 aliphatic rings. The Kier molecular flexibility index (Phi) is 6.52. The zero-order chi connectivity index (χ0) is 21.0. The number of nitrogens with zero attached hydrogens (tertiary/aromatic N) is 2. The van der Waals surface area contributed by atoms with Gasteiger partial charge in [0.15, 0.2) is 5.78 Å². The van der Waals surface area contributed by atoms with Gasteiger partial charge in [0.1, 0.15) is 11.4 Å². The molecule has 29 heavy (non-hydrogen) atoms. The maximum absolute atomic E-state index is 13.1.